The Morgan fingerprint density at radius 1 is 1.26 bits per heavy atom. The van der Waals surface area contributed by atoms with Crippen LogP contribution >= 0.6 is 0 Å². The molecule has 35 heavy (non-hydrogen) atoms. The van der Waals surface area contributed by atoms with Crippen LogP contribution in [-0.4, -0.2) is 33.9 Å². The fraction of sp³-hybridized carbons (Fsp3) is 0.633. The Labute approximate surface area is 210 Å². The first kappa shape index (κ1) is 25.8. The zero-order chi connectivity index (χ0) is 25.8. The molecule has 4 atom stereocenters. The lowest BCUT2D eigenvalue weighted by Crippen LogP contribution is -2.46. The van der Waals surface area contributed by atoms with Gasteiger partial charge in [0.1, 0.15) is 17.1 Å². The third-order valence-corrected chi connectivity index (χ3v) is 8.28. The van der Waals surface area contributed by atoms with E-state index in [1.807, 2.05) is 12.1 Å². The second kappa shape index (κ2) is 8.99. The number of phenolic OH excluding ortho intramolecular Hbond substituents is 1. The fourth-order valence-electron chi connectivity index (χ4n) is 6.55. The van der Waals surface area contributed by atoms with Gasteiger partial charge in [0.25, 0.3) is 0 Å². The molecule has 1 aliphatic heterocycles. The molecular weight excluding hydrogens is 438 g/mol. The van der Waals surface area contributed by atoms with E-state index in [4.69, 9.17) is 4.74 Å². The van der Waals surface area contributed by atoms with E-state index < -0.39 is 11.2 Å². The SMILES string of the molecule is C=C1CC(C)CC(O)(CCNC(=O)C2=CC[C@@H]3[C@@H](C2)c2c(O)cc(C(C)(C)C)cc2OC3(C)C)C1. The summed E-state index contributed by atoms with van der Waals surface area (Å²) in [5, 5.41) is 25.1. The Bertz CT molecular complexity index is 1050. The Kier molecular flexibility index (Phi) is 6.63. The molecule has 2 aliphatic carbocycles. The van der Waals surface area contributed by atoms with Crippen LogP contribution < -0.4 is 10.1 Å². The summed E-state index contributed by atoms with van der Waals surface area (Å²) in [6.45, 7) is 17.2. The van der Waals surface area contributed by atoms with Gasteiger partial charge in [0, 0.05) is 29.5 Å². The van der Waals surface area contributed by atoms with Gasteiger partial charge in [0.15, 0.2) is 0 Å². The monoisotopic (exact) mass is 481 g/mol. The third kappa shape index (κ3) is 5.30. The van der Waals surface area contributed by atoms with Gasteiger partial charge in [-0.2, -0.15) is 0 Å². The van der Waals surface area contributed by atoms with Gasteiger partial charge in [-0.05, 0) is 81.4 Å². The Balaban J connectivity index is 1.49. The maximum Gasteiger partial charge on any atom is 0.246 e. The minimum atomic E-state index is -0.783. The third-order valence-electron chi connectivity index (χ3n) is 8.28. The largest absolute Gasteiger partial charge is 0.508 e. The quantitative estimate of drug-likeness (QED) is 0.468. The number of hydrogen-bond acceptors (Lipinski definition) is 4. The Morgan fingerprint density at radius 3 is 2.63 bits per heavy atom. The number of aromatic hydroxyl groups is 1. The smallest absolute Gasteiger partial charge is 0.246 e. The molecule has 5 nitrogen and oxygen atoms in total. The maximum absolute atomic E-state index is 13.1. The number of amides is 1. The highest BCUT2D eigenvalue weighted by Crippen LogP contribution is 2.54. The topological polar surface area (TPSA) is 78.8 Å². The standard InChI is InChI=1S/C30H43NO4/c1-18-12-19(2)17-30(34,16-18)10-11-31-27(33)20-8-9-23-22(13-20)26-24(32)14-21(28(3,4)5)15-25(26)35-29(23,6)7/h8,14-15,19,22-23,32,34H,1,9-13,16-17H2,2-7H3,(H,31,33)/t19?,22-,23-,30?/m1/s1. The van der Waals surface area contributed by atoms with Crippen molar-refractivity contribution in [2.24, 2.45) is 11.8 Å². The van der Waals surface area contributed by atoms with Crippen molar-refractivity contribution in [1.82, 2.24) is 5.32 Å². The molecule has 1 fully saturated rings. The summed E-state index contributed by atoms with van der Waals surface area (Å²) in [5.74, 6) is 1.52. The van der Waals surface area contributed by atoms with E-state index in [0.29, 0.717) is 31.7 Å². The van der Waals surface area contributed by atoms with Crippen molar-refractivity contribution in [2.75, 3.05) is 6.54 Å². The van der Waals surface area contributed by atoms with Crippen molar-refractivity contribution in [3.05, 3.63) is 47.1 Å². The molecule has 0 saturated heterocycles. The van der Waals surface area contributed by atoms with Crippen molar-refractivity contribution in [3.8, 4) is 11.5 Å². The Hall–Kier alpha value is -2.27. The normalized spacial score (nSPS) is 30.0. The van der Waals surface area contributed by atoms with Crippen molar-refractivity contribution in [1.29, 1.82) is 0 Å². The number of allylic oxidation sites excluding steroid dienone is 1. The van der Waals surface area contributed by atoms with Gasteiger partial charge in [-0.1, -0.05) is 45.9 Å². The highest BCUT2D eigenvalue weighted by Gasteiger charge is 2.47. The second-order valence-corrected chi connectivity index (χ2v) is 12.9. The average molecular weight is 482 g/mol. The molecule has 0 aromatic heterocycles. The van der Waals surface area contributed by atoms with Crippen LogP contribution in [0.2, 0.25) is 0 Å². The van der Waals surface area contributed by atoms with E-state index in [1.54, 1.807) is 0 Å². The summed E-state index contributed by atoms with van der Waals surface area (Å²) >= 11 is 0. The minimum absolute atomic E-state index is 0.0141. The van der Waals surface area contributed by atoms with Crippen molar-refractivity contribution < 1.29 is 19.7 Å². The molecule has 1 aromatic rings. The average Bonchev–Trinajstić information content (AvgIpc) is 2.70. The van der Waals surface area contributed by atoms with Gasteiger partial charge in [-0.15, -0.1) is 0 Å². The van der Waals surface area contributed by atoms with E-state index in [1.165, 1.54) is 0 Å². The summed E-state index contributed by atoms with van der Waals surface area (Å²) in [4.78, 5) is 13.1. The van der Waals surface area contributed by atoms with Gasteiger partial charge in [0.05, 0.1) is 5.60 Å². The van der Waals surface area contributed by atoms with Crippen LogP contribution in [0, 0.1) is 11.8 Å². The highest BCUT2D eigenvalue weighted by molar-refractivity contribution is 5.93. The first-order chi connectivity index (χ1) is 16.2. The molecule has 4 rings (SSSR count). The predicted molar refractivity (Wildman–Crippen MR) is 140 cm³/mol. The lowest BCUT2D eigenvalue weighted by atomic mass is 9.66. The van der Waals surface area contributed by atoms with Crippen molar-refractivity contribution >= 4 is 5.91 Å². The molecule has 1 saturated carbocycles. The summed E-state index contributed by atoms with van der Waals surface area (Å²) in [7, 11) is 0. The summed E-state index contributed by atoms with van der Waals surface area (Å²) in [6, 6.07) is 3.92. The number of benzene rings is 1. The summed E-state index contributed by atoms with van der Waals surface area (Å²) in [5.41, 5.74) is 2.41. The molecule has 3 aliphatic rings. The zero-order valence-electron chi connectivity index (χ0n) is 22.3. The molecule has 5 heteroatoms. The number of phenols is 1. The number of rotatable bonds is 4. The number of hydrogen-bond donors (Lipinski definition) is 3. The molecule has 2 unspecified atom stereocenters. The van der Waals surface area contributed by atoms with Crippen LogP contribution in [0.15, 0.2) is 35.9 Å². The number of carbonyl (C=O) groups is 1. The summed E-state index contributed by atoms with van der Waals surface area (Å²) < 4.78 is 6.44. The number of ether oxygens (including phenoxy) is 1. The van der Waals surface area contributed by atoms with Crippen LogP contribution in [-0.2, 0) is 10.2 Å². The number of carbonyl (C=O) groups excluding carboxylic acids is 1. The van der Waals surface area contributed by atoms with Crippen LogP contribution in [0.1, 0.15) is 97.1 Å². The van der Waals surface area contributed by atoms with Gasteiger partial charge >= 0.3 is 0 Å². The number of aliphatic hydroxyl groups is 1. The molecule has 192 valence electrons. The van der Waals surface area contributed by atoms with Crippen molar-refractivity contribution in [2.45, 2.75) is 103 Å². The lowest BCUT2D eigenvalue weighted by Gasteiger charge is -2.47. The molecule has 1 amide bonds. The van der Waals surface area contributed by atoms with Gasteiger partial charge < -0.3 is 20.3 Å². The van der Waals surface area contributed by atoms with E-state index >= 15 is 0 Å². The van der Waals surface area contributed by atoms with E-state index in [-0.39, 0.29) is 28.9 Å². The van der Waals surface area contributed by atoms with Gasteiger partial charge in [-0.3, -0.25) is 4.79 Å². The van der Waals surface area contributed by atoms with Crippen LogP contribution in [0.3, 0.4) is 0 Å². The maximum atomic E-state index is 13.1. The fourth-order valence-corrected chi connectivity index (χ4v) is 6.55. The second-order valence-electron chi connectivity index (χ2n) is 12.9. The van der Waals surface area contributed by atoms with Gasteiger partial charge in [-0.25, -0.2) is 0 Å². The lowest BCUT2D eigenvalue weighted by molar-refractivity contribution is -0.118. The molecule has 0 radical (unpaired) electrons. The zero-order valence-corrected chi connectivity index (χ0v) is 22.3. The molecular formula is C30H43NO4. The van der Waals surface area contributed by atoms with E-state index in [0.717, 1.165) is 47.3 Å². The van der Waals surface area contributed by atoms with Crippen molar-refractivity contribution in [3.63, 3.8) is 0 Å². The number of fused-ring (bicyclic) bond motifs is 3. The van der Waals surface area contributed by atoms with E-state index in [2.05, 4.69) is 59.5 Å². The molecule has 0 bridgehead atoms. The summed E-state index contributed by atoms with van der Waals surface area (Å²) in [6.07, 6.45) is 6.18. The van der Waals surface area contributed by atoms with Gasteiger partial charge in [0.2, 0.25) is 5.91 Å². The van der Waals surface area contributed by atoms with Crippen LogP contribution in [0.4, 0.5) is 0 Å². The first-order valence-corrected chi connectivity index (χ1v) is 13.1. The molecule has 3 N–H and O–H groups in total. The predicted octanol–water partition coefficient (Wildman–Crippen LogP) is 5.89. The highest BCUT2D eigenvalue weighted by atomic mass is 16.5. The number of nitrogens with one attached hydrogen (secondary N) is 1. The molecule has 1 heterocycles. The van der Waals surface area contributed by atoms with Crippen LogP contribution in [0.25, 0.3) is 0 Å². The first-order valence-electron chi connectivity index (χ1n) is 13.1. The Morgan fingerprint density at radius 2 is 1.97 bits per heavy atom. The molecule has 1 aromatic carbocycles. The van der Waals surface area contributed by atoms with E-state index in [9.17, 15) is 15.0 Å². The van der Waals surface area contributed by atoms with Crippen LogP contribution in [0.5, 0.6) is 11.5 Å². The molecule has 0 spiro atoms. The minimum Gasteiger partial charge on any atom is -0.508 e.